The van der Waals surface area contributed by atoms with E-state index in [0.29, 0.717) is 24.2 Å². The van der Waals surface area contributed by atoms with Gasteiger partial charge in [0.15, 0.2) is 0 Å². The maximum atomic E-state index is 12.9. The lowest BCUT2D eigenvalue weighted by Crippen LogP contribution is -2.50. The number of carbonyl (C=O) groups excluding carboxylic acids is 3. The van der Waals surface area contributed by atoms with Crippen LogP contribution in [0.2, 0.25) is 0 Å². The van der Waals surface area contributed by atoms with Crippen molar-refractivity contribution in [1.82, 2.24) is 0 Å². The molecule has 3 aliphatic rings. The van der Waals surface area contributed by atoms with E-state index in [1.54, 1.807) is 6.08 Å². The first-order valence-corrected chi connectivity index (χ1v) is 10.3. The highest BCUT2D eigenvalue weighted by atomic mass is 32.1. The Bertz CT molecular complexity index is 712. The van der Waals surface area contributed by atoms with Crippen LogP contribution in [0.4, 0.5) is 0 Å². The number of hydrogen-bond donors (Lipinski definition) is 1. The molecule has 2 saturated carbocycles. The molecule has 154 valence electrons. The quantitative estimate of drug-likeness (QED) is 0.253. The van der Waals surface area contributed by atoms with Gasteiger partial charge in [-0.15, -0.1) is 0 Å². The minimum atomic E-state index is -1.07. The molecule has 2 aliphatic carbocycles. The number of carbonyl (C=O) groups is 3. The molecule has 0 bridgehead atoms. The zero-order valence-corrected chi connectivity index (χ0v) is 17.5. The summed E-state index contributed by atoms with van der Waals surface area (Å²) < 4.78 is 16.8. The van der Waals surface area contributed by atoms with E-state index in [1.807, 2.05) is 0 Å². The number of hydrogen-bond acceptors (Lipinski definition) is 7. The molecule has 0 N–H and O–H groups in total. The number of cyclic esters (lactones) is 1. The molecule has 0 aromatic heterocycles. The van der Waals surface area contributed by atoms with Gasteiger partial charge >= 0.3 is 17.9 Å². The predicted molar refractivity (Wildman–Crippen MR) is 106 cm³/mol. The Morgan fingerprint density at radius 3 is 2.64 bits per heavy atom. The van der Waals surface area contributed by atoms with Crippen LogP contribution in [0.15, 0.2) is 24.3 Å². The van der Waals surface area contributed by atoms with Crippen LogP contribution >= 0.6 is 12.6 Å². The lowest BCUT2D eigenvalue weighted by atomic mass is 9.61. The van der Waals surface area contributed by atoms with Crippen LogP contribution in [-0.2, 0) is 28.6 Å². The lowest BCUT2D eigenvalue weighted by Gasteiger charge is -2.46. The predicted octanol–water partition coefficient (Wildman–Crippen LogP) is 2.87. The minimum absolute atomic E-state index is 0.128. The average Bonchev–Trinajstić information content (AvgIpc) is 3.06. The zero-order valence-electron chi connectivity index (χ0n) is 16.6. The molecule has 0 radical (unpaired) electrons. The molecule has 1 heterocycles. The lowest BCUT2D eigenvalue weighted by molar-refractivity contribution is -0.172. The van der Waals surface area contributed by atoms with E-state index >= 15 is 0 Å². The molecule has 3 rings (SSSR count). The van der Waals surface area contributed by atoms with E-state index < -0.39 is 35.5 Å². The second-order valence-electron chi connectivity index (χ2n) is 8.43. The second kappa shape index (κ2) is 7.58. The summed E-state index contributed by atoms with van der Waals surface area (Å²) in [5.74, 6) is -0.935. The molecule has 3 fully saturated rings. The first-order valence-electron chi connectivity index (χ1n) is 9.67. The maximum absolute atomic E-state index is 12.9. The van der Waals surface area contributed by atoms with E-state index in [9.17, 15) is 14.4 Å². The van der Waals surface area contributed by atoms with Crippen molar-refractivity contribution in [3.8, 4) is 0 Å². The zero-order chi connectivity index (χ0) is 20.7. The van der Waals surface area contributed by atoms with Gasteiger partial charge in [-0.25, -0.2) is 4.79 Å². The Balaban J connectivity index is 2.03. The van der Waals surface area contributed by atoms with Crippen LogP contribution < -0.4 is 0 Å². The first-order chi connectivity index (χ1) is 13.2. The summed E-state index contributed by atoms with van der Waals surface area (Å²) in [6.45, 7) is 9.76. The molecule has 0 aromatic carbocycles. The highest BCUT2D eigenvalue weighted by Crippen LogP contribution is 2.66. The monoisotopic (exact) mass is 408 g/mol. The van der Waals surface area contributed by atoms with Gasteiger partial charge in [0.25, 0.3) is 0 Å². The van der Waals surface area contributed by atoms with Crippen LogP contribution in [-0.4, -0.2) is 42.5 Å². The van der Waals surface area contributed by atoms with Crippen molar-refractivity contribution < 1.29 is 28.6 Å². The van der Waals surface area contributed by atoms with Crippen LogP contribution in [0.1, 0.15) is 40.0 Å². The molecule has 7 heteroatoms. The van der Waals surface area contributed by atoms with Gasteiger partial charge < -0.3 is 14.2 Å². The molecule has 0 amide bonds. The third kappa shape index (κ3) is 3.17. The molecule has 28 heavy (non-hydrogen) atoms. The fraction of sp³-hybridized carbons (Fsp3) is 0.667. The number of rotatable bonds is 4. The average molecular weight is 409 g/mol. The van der Waals surface area contributed by atoms with Crippen LogP contribution in [0.25, 0.3) is 0 Å². The Morgan fingerprint density at radius 1 is 1.36 bits per heavy atom. The number of fused-ring (bicyclic) bond motifs is 1. The Morgan fingerprint density at radius 2 is 2.07 bits per heavy atom. The Hall–Kier alpha value is -1.76. The molecule has 1 saturated heterocycles. The fourth-order valence-corrected chi connectivity index (χ4v) is 5.51. The van der Waals surface area contributed by atoms with E-state index in [-0.39, 0.29) is 23.9 Å². The van der Waals surface area contributed by atoms with Crippen LogP contribution in [0.3, 0.4) is 0 Å². The summed E-state index contributed by atoms with van der Waals surface area (Å²) in [5, 5.41) is 0. The standard InChI is InChI=1S/C21H28O6S/c1-12-7-8-15(27-16(23)6-5-9-28)17-18(26-14(3)22)21(11-20(12,17)4)13(2)10-25-19(21)24/h5-6,12,15,17-18,28H,2,7-11H2,1,3-4H3. The normalized spacial score (nSPS) is 39.9. The summed E-state index contributed by atoms with van der Waals surface area (Å²) in [6, 6.07) is 0. The molecule has 6 nitrogen and oxygen atoms in total. The number of thiol groups is 1. The van der Waals surface area contributed by atoms with Crippen molar-refractivity contribution >= 4 is 30.5 Å². The third-order valence-electron chi connectivity index (χ3n) is 6.94. The van der Waals surface area contributed by atoms with E-state index in [0.717, 1.165) is 6.42 Å². The van der Waals surface area contributed by atoms with Gasteiger partial charge in [0, 0.05) is 24.7 Å². The highest BCUT2D eigenvalue weighted by Gasteiger charge is 2.71. The Kier molecular flexibility index (Phi) is 5.67. The Labute approximate surface area is 171 Å². The topological polar surface area (TPSA) is 78.9 Å². The molecule has 6 atom stereocenters. The first kappa shape index (κ1) is 21.0. The summed E-state index contributed by atoms with van der Waals surface area (Å²) in [4.78, 5) is 37.1. The SMILES string of the molecule is C=C1COC(=O)C12CC1(C)C(C)CCC(OC(=O)C=CCS)C1C2OC(C)=O. The number of esters is 3. The molecule has 1 spiro atoms. The molecular formula is C21H28O6S. The summed E-state index contributed by atoms with van der Waals surface area (Å²) in [5.41, 5.74) is -0.801. The van der Waals surface area contributed by atoms with Gasteiger partial charge in [-0.1, -0.05) is 26.5 Å². The van der Waals surface area contributed by atoms with Gasteiger partial charge in [0.05, 0.1) is 0 Å². The van der Waals surface area contributed by atoms with Crippen molar-refractivity contribution in [1.29, 1.82) is 0 Å². The van der Waals surface area contributed by atoms with Gasteiger partial charge in [-0.05, 0) is 36.2 Å². The molecular weight excluding hydrogens is 380 g/mol. The van der Waals surface area contributed by atoms with Crippen molar-refractivity contribution in [2.45, 2.75) is 52.2 Å². The van der Waals surface area contributed by atoms with Crippen molar-refractivity contribution in [2.75, 3.05) is 12.4 Å². The largest absolute Gasteiger partial charge is 0.461 e. The van der Waals surface area contributed by atoms with E-state index in [4.69, 9.17) is 14.2 Å². The highest BCUT2D eigenvalue weighted by molar-refractivity contribution is 7.80. The molecule has 1 aliphatic heterocycles. The summed E-state index contributed by atoms with van der Waals surface area (Å²) in [6.07, 6.45) is 3.74. The molecule has 6 unspecified atom stereocenters. The van der Waals surface area contributed by atoms with Crippen molar-refractivity contribution in [2.24, 2.45) is 22.7 Å². The number of ether oxygens (including phenoxy) is 3. The fourth-order valence-electron chi connectivity index (χ4n) is 5.41. The van der Waals surface area contributed by atoms with Crippen LogP contribution in [0.5, 0.6) is 0 Å². The molecule has 0 aromatic rings. The van der Waals surface area contributed by atoms with Gasteiger partial charge in [-0.3, -0.25) is 9.59 Å². The smallest absolute Gasteiger partial charge is 0.330 e. The van der Waals surface area contributed by atoms with Crippen molar-refractivity contribution in [3.63, 3.8) is 0 Å². The van der Waals surface area contributed by atoms with Crippen molar-refractivity contribution in [3.05, 3.63) is 24.3 Å². The van der Waals surface area contributed by atoms with Crippen LogP contribution in [0, 0.1) is 22.7 Å². The van der Waals surface area contributed by atoms with Gasteiger partial charge in [0.2, 0.25) is 0 Å². The van der Waals surface area contributed by atoms with Gasteiger partial charge in [-0.2, -0.15) is 12.6 Å². The summed E-state index contributed by atoms with van der Waals surface area (Å²) in [7, 11) is 0. The van der Waals surface area contributed by atoms with E-state index in [2.05, 4.69) is 33.1 Å². The second-order valence-corrected chi connectivity index (χ2v) is 8.79. The van der Waals surface area contributed by atoms with E-state index in [1.165, 1.54) is 13.0 Å². The summed E-state index contributed by atoms with van der Waals surface area (Å²) >= 11 is 4.06. The maximum Gasteiger partial charge on any atom is 0.330 e. The van der Waals surface area contributed by atoms with Gasteiger partial charge in [0.1, 0.15) is 24.2 Å². The minimum Gasteiger partial charge on any atom is -0.461 e. The third-order valence-corrected chi connectivity index (χ3v) is 7.15.